The van der Waals surface area contributed by atoms with Gasteiger partial charge in [-0.2, -0.15) is 0 Å². The molecule has 1 aliphatic heterocycles. The molecule has 0 spiro atoms. The minimum atomic E-state index is 0.574. The van der Waals surface area contributed by atoms with Crippen LogP contribution < -0.4 is 5.32 Å². The molecular formula is C14H19BrN2S. The van der Waals surface area contributed by atoms with Crippen molar-refractivity contribution in [2.45, 2.75) is 33.2 Å². The Bertz CT molecular complexity index is 457. The molecule has 18 heavy (non-hydrogen) atoms. The Labute approximate surface area is 122 Å². The number of nitrogens with zero attached hydrogens (tertiary/aromatic N) is 1. The van der Waals surface area contributed by atoms with E-state index in [1.165, 1.54) is 12.0 Å². The van der Waals surface area contributed by atoms with Crippen molar-refractivity contribution in [3.63, 3.8) is 0 Å². The zero-order chi connectivity index (χ0) is 13.1. The number of halogens is 1. The maximum absolute atomic E-state index is 4.70. The van der Waals surface area contributed by atoms with Gasteiger partial charge in [-0.1, -0.05) is 41.5 Å². The fraction of sp³-hybridized carbons (Fsp3) is 0.500. The largest absolute Gasteiger partial charge is 0.361 e. The van der Waals surface area contributed by atoms with E-state index in [4.69, 9.17) is 4.99 Å². The van der Waals surface area contributed by atoms with Crippen LogP contribution in [0.3, 0.4) is 0 Å². The highest BCUT2D eigenvalue weighted by molar-refractivity contribution is 9.10. The van der Waals surface area contributed by atoms with Gasteiger partial charge in [-0.15, -0.1) is 0 Å². The normalized spacial score (nSPS) is 21.6. The molecule has 0 amide bonds. The molecule has 0 saturated carbocycles. The third-order valence-corrected chi connectivity index (χ3v) is 4.43. The van der Waals surface area contributed by atoms with Crippen LogP contribution in [0.4, 0.5) is 5.69 Å². The zero-order valence-corrected chi connectivity index (χ0v) is 13.4. The van der Waals surface area contributed by atoms with Gasteiger partial charge in [-0.05, 0) is 43.0 Å². The molecule has 1 saturated heterocycles. The van der Waals surface area contributed by atoms with Gasteiger partial charge in [0.2, 0.25) is 0 Å². The number of nitrogens with one attached hydrogen (secondary N) is 1. The molecule has 2 rings (SSSR count). The molecule has 1 heterocycles. The van der Waals surface area contributed by atoms with Gasteiger partial charge in [-0.25, -0.2) is 4.99 Å². The summed E-state index contributed by atoms with van der Waals surface area (Å²) in [6, 6.07) is 6.77. The van der Waals surface area contributed by atoms with E-state index in [0.29, 0.717) is 6.04 Å². The summed E-state index contributed by atoms with van der Waals surface area (Å²) < 4.78 is 1.11. The number of hydrogen-bond donors (Lipinski definition) is 1. The second-order valence-electron chi connectivity index (χ2n) is 5.13. The Balaban J connectivity index is 2.06. The standard InChI is InChI=1S/C14H19BrN2S/c1-9(2)6-12-8-18-14(16-12)17-13-5-4-11(15)7-10(13)3/h4-5,7,9,12H,6,8H2,1-3H3,(H,16,17)/t12-/m0/s1. The Kier molecular flexibility index (Phi) is 4.73. The van der Waals surface area contributed by atoms with E-state index in [9.17, 15) is 0 Å². The van der Waals surface area contributed by atoms with E-state index in [1.54, 1.807) is 0 Å². The summed E-state index contributed by atoms with van der Waals surface area (Å²) in [6.07, 6.45) is 1.21. The van der Waals surface area contributed by atoms with Crippen LogP contribution in [0.5, 0.6) is 0 Å². The van der Waals surface area contributed by atoms with Gasteiger partial charge >= 0.3 is 0 Å². The van der Waals surface area contributed by atoms with Crippen LogP contribution in [0, 0.1) is 12.8 Å². The maximum Gasteiger partial charge on any atom is 0.162 e. The lowest BCUT2D eigenvalue weighted by atomic mass is 10.1. The fourth-order valence-corrected chi connectivity index (χ4v) is 3.52. The molecule has 1 fully saturated rings. The van der Waals surface area contributed by atoms with Gasteiger partial charge in [0.25, 0.3) is 0 Å². The highest BCUT2D eigenvalue weighted by Gasteiger charge is 2.21. The number of rotatable bonds is 3. The maximum atomic E-state index is 4.70. The molecular weight excluding hydrogens is 308 g/mol. The molecule has 1 N–H and O–H groups in total. The lowest BCUT2D eigenvalue weighted by Crippen LogP contribution is -2.28. The van der Waals surface area contributed by atoms with Crippen LogP contribution in [0.2, 0.25) is 0 Å². The smallest absolute Gasteiger partial charge is 0.162 e. The van der Waals surface area contributed by atoms with E-state index in [1.807, 2.05) is 17.8 Å². The Morgan fingerprint density at radius 3 is 2.94 bits per heavy atom. The number of hydrogen-bond acceptors (Lipinski definition) is 2. The van der Waals surface area contributed by atoms with Crippen molar-refractivity contribution in [2.24, 2.45) is 10.9 Å². The van der Waals surface area contributed by atoms with Crippen LogP contribution in [-0.4, -0.2) is 17.0 Å². The molecule has 1 atom stereocenters. The van der Waals surface area contributed by atoms with E-state index >= 15 is 0 Å². The first kappa shape index (κ1) is 13.9. The highest BCUT2D eigenvalue weighted by atomic mass is 79.9. The Morgan fingerprint density at radius 1 is 1.50 bits per heavy atom. The van der Waals surface area contributed by atoms with E-state index in [2.05, 4.69) is 54.2 Å². The zero-order valence-electron chi connectivity index (χ0n) is 11.0. The minimum absolute atomic E-state index is 0.574. The third-order valence-electron chi connectivity index (χ3n) is 2.89. The molecule has 1 aromatic rings. The average Bonchev–Trinajstić information content (AvgIpc) is 2.69. The molecule has 2 nitrogen and oxygen atoms in total. The highest BCUT2D eigenvalue weighted by Crippen LogP contribution is 2.26. The summed E-state index contributed by atoms with van der Waals surface area (Å²) in [7, 11) is 0. The first-order valence-corrected chi connectivity index (χ1v) is 8.06. The summed E-state index contributed by atoms with van der Waals surface area (Å²) in [4.78, 5) is 4.70. The minimum Gasteiger partial charge on any atom is -0.361 e. The first-order chi connectivity index (χ1) is 8.54. The van der Waals surface area contributed by atoms with Gasteiger partial charge in [0, 0.05) is 16.3 Å². The van der Waals surface area contributed by atoms with E-state index < -0.39 is 0 Å². The number of aryl methyl sites for hydroxylation is 1. The number of thioether (sulfide) groups is 1. The van der Waals surface area contributed by atoms with Gasteiger partial charge in [0.05, 0.1) is 5.69 Å². The Hall–Kier alpha value is -0.480. The van der Waals surface area contributed by atoms with Crippen molar-refractivity contribution < 1.29 is 0 Å². The molecule has 0 radical (unpaired) electrons. The van der Waals surface area contributed by atoms with Gasteiger partial charge in [-0.3, -0.25) is 0 Å². The topological polar surface area (TPSA) is 24.4 Å². The fourth-order valence-electron chi connectivity index (χ4n) is 2.05. The van der Waals surface area contributed by atoms with Crippen molar-refractivity contribution in [1.29, 1.82) is 0 Å². The Morgan fingerprint density at radius 2 is 2.28 bits per heavy atom. The van der Waals surface area contributed by atoms with Gasteiger partial charge < -0.3 is 5.32 Å². The molecule has 1 aromatic carbocycles. The summed E-state index contributed by atoms with van der Waals surface area (Å²) in [5, 5.41) is 4.58. The molecule has 1 aliphatic rings. The molecule has 0 unspecified atom stereocenters. The van der Waals surface area contributed by atoms with Gasteiger partial charge in [0.15, 0.2) is 5.17 Å². The monoisotopic (exact) mass is 326 g/mol. The molecule has 0 aromatic heterocycles. The van der Waals surface area contributed by atoms with Crippen LogP contribution >= 0.6 is 27.7 Å². The van der Waals surface area contributed by atoms with Crippen LogP contribution in [0.25, 0.3) is 0 Å². The van der Waals surface area contributed by atoms with Crippen LogP contribution in [-0.2, 0) is 0 Å². The van der Waals surface area contributed by atoms with Crippen molar-refractivity contribution in [3.8, 4) is 0 Å². The number of aliphatic imine (C=N–C) groups is 1. The SMILES string of the molecule is Cc1cc(Br)ccc1/N=C1/N[C@@H](CC(C)C)CS1. The molecule has 98 valence electrons. The second-order valence-corrected chi connectivity index (χ2v) is 7.05. The molecule has 0 bridgehead atoms. The van der Waals surface area contributed by atoms with Crippen molar-refractivity contribution in [3.05, 3.63) is 28.2 Å². The predicted molar refractivity (Wildman–Crippen MR) is 84.8 cm³/mol. The van der Waals surface area contributed by atoms with Crippen LogP contribution in [0.15, 0.2) is 27.7 Å². The summed E-state index contributed by atoms with van der Waals surface area (Å²) in [6.45, 7) is 6.62. The predicted octanol–water partition coefficient (Wildman–Crippen LogP) is 4.50. The number of amidine groups is 1. The molecule has 0 aliphatic carbocycles. The average molecular weight is 327 g/mol. The number of benzene rings is 1. The molecule has 4 heteroatoms. The van der Waals surface area contributed by atoms with E-state index in [-0.39, 0.29) is 0 Å². The van der Waals surface area contributed by atoms with Crippen molar-refractivity contribution in [2.75, 3.05) is 5.75 Å². The summed E-state index contributed by atoms with van der Waals surface area (Å²) in [5.74, 6) is 1.86. The van der Waals surface area contributed by atoms with Gasteiger partial charge in [0.1, 0.15) is 0 Å². The van der Waals surface area contributed by atoms with E-state index in [0.717, 1.165) is 27.0 Å². The van der Waals surface area contributed by atoms with Crippen molar-refractivity contribution >= 4 is 38.5 Å². The lowest BCUT2D eigenvalue weighted by molar-refractivity contribution is 0.503. The van der Waals surface area contributed by atoms with Crippen LogP contribution in [0.1, 0.15) is 25.8 Å². The quantitative estimate of drug-likeness (QED) is 0.884. The second kappa shape index (κ2) is 6.11. The summed E-state index contributed by atoms with van der Waals surface area (Å²) >= 11 is 5.30. The third kappa shape index (κ3) is 3.75. The first-order valence-electron chi connectivity index (χ1n) is 6.29. The van der Waals surface area contributed by atoms with Crippen molar-refractivity contribution in [1.82, 2.24) is 5.32 Å². The summed E-state index contributed by atoms with van der Waals surface area (Å²) in [5.41, 5.74) is 2.25. The lowest BCUT2D eigenvalue weighted by Gasteiger charge is -2.12.